The molecule has 0 unspecified atom stereocenters. The van der Waals surface area contributed by atoms with Crippen molar-refractivity contribution >= 4 is 38.9 Å². The number of rotatable bonds is 8. The van der Waals surface area contributed by atoms with Gasteiger partial charge in [0.1, 0.15) is 0 Å². The highest BCUT2D eigenvalue weighted by Gasteiger charge is 2.40. The van der Waals surface area contributed by atoms with E-state index in [1.165, 1.54) is 5.69 Å². The Hall–Kier alpha value is -3.16. The van der Waals surface area contributed by atoms with Crippen LogP contribution >= 0.6 is 28.1 Å². The molecule has 4 aromatic rings. The number of hydrogen-bond donors (Lipinski definition) is 2. The summed E-state index contributed by atoms with van der Waals surface area (Å²) >= 11 is 9.46. The minimum absolute atomic E-state index is 0.0214. The molecule has 2 atom stereocenters. The second kappa shape index (κ2) is 10.4. The maximum atomic E-state index is 5.84. The van der Waals surface area contributed by atoms with Gasteiger partial charge in [0.2, 0.25) is 0 Å². The van der Waals surface area contributed by atoms with E-state index in [0.717, 1.165) is 46.2 Å². The van der Waals surface area contributed by atoms with Gasteiger partial charge < -0.3 is 20.1 Å². The second-order valence-electron chi connectivity index (χ2n) is 8.25. The fraction of sp³-hybridized carbons (Fsp3) is 0.185. The summed E-state index contributed by atoms with van der Waals surface area (Å²) in [5.74, 6) is 0. The highest BCUT2D eigenvalue weighted by molar-refractivity contribution is 9.10. The summed E-state index contributed by atoms with van der Waals surface area (Å²) in [6.07, 6.45) is 4.92. The van der Waals surface area contributed by atoms with Gasteiger partial charge in [-0.05, 0) is 73.2 Å². The van der Waals surface area contributed by atoms with E-state index in [9.17, 15) is 0 Å². The smallest absolute Gasteiger partial charge is 0.170 e. The lowest BCUT2D eigenvalue weighted by Gasteiger charge is -2.29. The lowest BCUT2D eigenvalue weighted by atomic mass is 10.0. The first kappa shape index (κ1) is 22.6. The Morgan fingerprint density at radius 1 is 0.971 bits per heavy atom. The van der Waals surface area contributed by atoms with E-state index < -0.39 is 0 Å². The van der Waals surface area contributed by atoms with Crippen molar-refractivity contribution in [1.29, 1.82) is 0 Å². The van der Waals surface area contributed by atoms with Gasteiger partial charge >= 0.3 is 0 Å². The average molecular weight is 533 g/mol. The normalized spacial score (nSPS) is 17.6. The molecular weight excluding hydrogens is 506 g/mol. The van der Waals surface area contributed by atoms with Gasteiger partial charge in [0, 0.05) is 47.0 Å². The first-order valence-electron chi connectivity index (χ1n) is 11.4. The number of para-hydroxylation sites is 1. The van der Waals surface area contributed by atoms with Gasteiger partial charge in [-0.3, -0.25) is 4.98 Å². The van der Waals surface area contributed by atoms with E-state index in [-0.39, 0.29) is 12.1 Å². The standard InChI is InChI=1S/C27H26BrN5S/c28-20-9-6-12-22(19-20)32-17-7-14-24(32)26-25(23-13-4-5-15-30-23)31-27(34)33(26)18-8-16-29-21-10-2-1-3-11-21/h1-7,9-15,17,19,25-26,29H,8,16,18H2,(H,31,34)/t25-,26-/m1/s1. The van der Waals surface area contributed by atoms with Gasteiger partial charge in [0.05, 0.1) is 17.8 Å². The number of nitrogens with zero attached hydrogens (tertiary/aromatic N) is 3. The lowest BCUT2D eigenvalue weighted by Crippen LogP contribution is -2.32. The third kappa shape index (κ3) is 4.86. The van der Waals surface area contributed by atoms with Crippen molar-refractivity contribution < 1.29 is 0 Å². The molecule has 1 saturated heterocycles. The van der Waals surface area contributed by atoms with E-state index in [1.54, 1.807) is 0 Å². The predicted octanol–water partition coefficient (Wildman–Crippen LogP) is 6.11. The second-order valence-corrected chi connectivity index (χ2v) is 9.55. The topological polar surface area (TPSA) is 45.1 Å². The number of aromatic nitrogens is 2. The van der Waals surface area contributed by atoms with Gasteiger partial charge in [0.25, 0.3) is 0 Å². The van der Waals surface area contributed by atoms with Crippen molar-refractivity contribution in [2.24, 2.45) is 0 Å². The van der Waals surface area contributed by atoms with Gasteiger partial charge in [0.15, 0.2) is 5.11 Å². The number of nitrogens with one attached hydrogen (secondary N) is 2. The van der Waals surface area contributed by atoms with Crippen LogP contribution in [0.2, 0.25) is 0 Å². The molecule has 0 saturated carbocycles. The van der Waals surface area contributed by atoms with Crippen molar-refractivity contribution in [1.82, 2.24) is 19.8 Å². The quantitative estimate of drug-likeness (QED) is 0.212. The molecule has 0 bridgehead atoms. The third-order valence-electron chi connectivity index (χ3n) is 6.05. The van der Waals surface area contributed by atoms with E-state index in [4.69, 9.17) is 12.2 Å². The monoisotopic (exact) mass is 531 g/mol. The molecule has 0 amide bonds. The molecule has 0 aliphatic carbocycles. The van der Waals surface area contributed by atoms with Crippen LogP contribution in [0.5, 0.6) is 0 Å². The maximum absolute atomic E-state index is 5.84. The van der Waals surface area contributed by atoms with Gasteiger partial charge in [-0.25, -0.2) is 0 Å². The van der Waals surface area contributed by atoms with Crippen LogP contribution in [0, 0.1) is 0 Å². The summed E-state index contributed by atoms with van der Waals surface area (Å²) < 4.78 is 3.30. The number of halogens is 1. The van der Waals surface area contributed by atoms with Gasteiger partial charge in [-0.1, -0.05) is 46.3 Å². The van der Waals surface area contributed by atoms with E-state index >= 15 is 0 Å². The molecule has 2 aromatic carbocycles. The molecule has 1 fully saturated rings. The van der Waals surface area contributed by atoms with Crippen LogP contribution in [0.25, 0.3) is 5.69 Å². The van der Waals surface area contributed by atoms with E-state index in [2.05, 4.69) is 95.7 Å². The Kier molecular flexibility index (Phi) is 6.92. The molecule has 172 valence electrons. The van der Waals surface area contributed by atoms with Crippen molar-refractivity contribution in [2.75, 3.05) is 18.4 Å². The molecule has 7 heteroatoms. The molecule has 5 nitrogen and oxygen atoms in total. The lowest BCUT2D eigenvalue weighted by molar-refractivity contribution is 0.307. The zero-order valence-corrected chi connectivity index (χ0v) is 21.0. The molecule has 0 radical (unpaired) electrons. The molecule has 2 N–H and O–H groups in total. The zero-order valence-electron chi connectivity index (χ0n) is 18.6. The molecule has 3 heterocycles. The highest BCUT2D eigenvalue weighted by Crippen LogP contribution is 2.39. The van der Waals surface area contributed by atoms with Crippen molar-refractivity contribution in [3.8, 4) is 5.69 Å². The Labute approximate surface area is 214 Å². The Bertz CT molecular complexity index is 1240. The number of benzene rings is 2. The molecule has 2 aromatic heterocycles. The molecule has 0 spiro atoms. The molecule has 1 aliphatic rings. The van der Waals surface area contributed by atoms with Crippen LogP contribution in [-0.2, 0) is 0 Å². The summed E-state index contributed by atoms with van der Waals surface area (Å²) in [5.41, 5.74) is 4.41. The summed E-state index contributed by atoms with van der Waals surface area (Å²) in [6, 6.07) is 29.0. The van der Waals surface area contributed by atoms with Crippen LogP contribution in [-0.4, -0.2) is 32.7 Å². The summed E-state index contributed by atoms with van der Waals surface area (Å²) in [4.78, 5) is 6.98. The van der Waals surface area contributed by atoms with Crippen molar-refractivity contribution in [3.63, 3.8) is 0 Å². The summed E-state index contributed by atoms with van der Waals surface area (Å²) in [6.45, 7) is 1.71. The number of hydrogen-bond acceptors (Lipinski definition) is 3. The van der Waals surface area contributed by atoms with Gasteiger partial charge in [-0.2, -0.15) is 0 Å². The average Bonchev–Trinajstić information content (AvgIpc) is 3.47. The van der Waals surface area contributed by atoms with E-state index in [0.29, 0.717) is 0 Å². The fourth-order valence-electron chi connectivity index (χ4n) is 4.50. The molecule has 34 heavy (non-hydrogen) atoms. The van der Waals surface area contributed by atoms with Crippen LogP contribution in [0.4, 0.5) is 5.69 Å². The minimum atomic E-state index is -0.0309. The van der Waals surface area contributed by atoms with Crippen LogP contribution in [0.3, 0.4) is 0 Å². The number of thiocarbonyl (C=S) groups is 1. The van der Waals surface area contributed by atoms with E-state index in [1.807, 2.05) is 42.6 Å². The number of pyridine rings is 1. The first-order valence-corrected chi connectivity index (χ1v) is 12.6. The third-order valence-corrected chi connectivity index (χ3v) is 6.89. The van der Waals surface area contributed by atoms with Crippen molar-refractivity contribution in [2.45, 2.75) is 18.5 Å². The highest BCUT2D eigenvalue weighted by atomic mass is 79.9. The minimum Gasteiger partial charge on any atom is -0.385 e. The Morgan fingerprint density at radius 3 is 2.62 bits per heavy atom. The fourth-order valence-corrected chi connectivity index (χ4v) is 5.22. The molecular formula is C27H26BrN5S. The summed E-state index contributed by atoms with van der Waals surface area (Å²) in [7, 11) is 0. The summed E-state index contributed by atoms with van der Waals surface area (Å²) in [5, 5.41) is 7.83. The van der Waals surface area contributed by atoms with Gasteiger partial charge in [-0.15, -0.1) is 0 Å². The largest absolute Gasteiger partial charge is 0.385 e. The van der Waals surface area contributed by atoms with Crippen LogP contribution < -0.4 is 10.6 Å². The van der Waals surface area contributed by atoms with Crippen LogP contribution in [0.1, 0.15) is 29.9 Å². The first-order chi connectivity index (χ1) is 16.7. The van der Waals surface area contributed by atoms with Crippen LogP contribution in [0.15, 0.2) is 102 Å². The van der Waals surface area contributed by atoms with Crippen molar-refractivity contribution in [3.05, 3.63) is 113 Å². The Morgan fingerprint density at radius 2 is 1.82 bits per heavy atom. The molecule has 5 rings (SSSR count). The predicted molar refractivity (Wildman–Crippen MR) is 145 cm³/mol. The number of anilines is 1. The Balaban J connectivity index is 1.43. The molecule has 1 aliphatic heterocycles. The SMILES string of the molecule is S=C1N[C@H](c2ccccn2)[C@@H](c2cccn2-c2cccc(Br)c2)N1CCCNc1ccccc1. The zero-order chi connectivity index (χ0) is 23.3. The maximum Gasteiger partial charge on any atom is 0.170 e.